The van der Waals surface area contributed by atoms with Crippen molar-refractivity contribution in [2.24, 2.45) is 0 Å². The summed E-state index contributed by atoms with van der Waals surface area (Å²) in [5.41, 5.74) is 3.14. The Bertz CT molecular complexity index is 565. The van der Waals surface area contributed by atoms with Crippen LogP contribution in [0.4, 0.5) is 0 Å². The van der Waals surface area contributed by atoms with Gasteiger partial charge in [0.1, 0.15) is 5.38 Å². The third kappa shape index (κ3) is 3.61. The van der Waals surface area contributed by atoms with Crippen molar-refractivity contribution < 1.29 is 4.79 Å². The Hall–Kier alpha value is -1.80. The number of likely N-dealkylation sites (N-methyl/N-ethyl adjacent to an activating group) is 1. The minimum absolute atomic E-state index is 0.0848. The molecule has 0 heterocycles. The molecule has 2 aromatic carbocycles. The Morgan fingerprint density at radius 1 is 1.10 bits per heavy atom. The summed E-state index contributed by atoms with van der Waals surface area (Å²) in [6, 6.07) is 17.6. The summed E-state index contributed by atoms with van der Waals surface area (Å²) < 4.78 is 0. The first kappa shape index (κ1) is 14.6. The number of amides is 1. The van der Waals surface area contributed by atoms with Crippen LogP contribution in [-0.4, -0.2) is 17.9 Å². The van der Waals surface area contributed by atoms with Gasteiger partial charge in [0, 0.05) is 13.6 Å². The quantitative estimate of drug-likeness (QED) is 0.780. The van der Waals surface area contributed by atoms with Gasteiger partial charge in [0.05, 0.1) is 0 Å². The van der Waals surface area contributed by atoms with Crippen molar-refractivity contribution in [1.82, 2.24) is 4.90 Å². The van der Waals surface area contributed by atoms with Gasteiger partial charge in [-0.3, -0.25) is 4.79 Å². The number of benzene rings is 2. The molecule has 20 heavy (non-hydrogen) atoms. The molecular weight excluding hydrogens is 270 g/mol. The molecule has 2 aromatic rings. The molecule has 2 nitrogen and oxygen atoms in total. The number of carbonyl (C=O) groups excluding carboxylic acids is 1. The number of hydrogen-bond acceptors (Lipinski definition) is 1. The second-order valence-electron chi connectivity index (χ2n) is 4.95. The Morgan fingerprint density at radius 2 is 1.70 bits per heavy atom. The minimum atomic E-state index is -0.633. The molecule has 0 radical (unpaired) electrons. The molecule has 3 heteroatoms. The fourth-order valence-electron chi connectivity index (χ4n) is 2.00. The van der Waals surface area contributed by atoms with E-state index in [1.165, 1.54) is 5.56 Å². The molecule has 0 N–H and O–H groups in total. The van der Waals surface area contributed by atoms with E-state index in [0.717, 1.165) is 11.1 Å². The van der Waals surface area contributed by atoms with Gasteiger partial charge in [-0.05, 0) is 18.1 Å². The van der Waals surface area contributed by atoms with Gasteiger partial charge in [0.2, 0.25) is 5.91 Å². The predicted octanol–water partition coefficient (Wildman–Crippen LogP) is 3.93. The van der Waals surface area contributed by atoms with E-state index >= 15 is 0 Å². The van der Waals surface area contributed by atoms with Crippen LogP contribution < -0.4 is 0 Å². The number of alkyl halides is 1. The first-order valence-electron chi connectivity index (χ1n) is 6.57. The van der Waals surface area contributed by atoms with Crippen molar-refractivity contribution in [2.45, 2.75) is 18.8 Å². The van der Waals surface area contributed by atoms with Gasteiger partial charge in [-0.2, -0.15) is 0 Å². The van der Waals surface area contributed by atoms with E-state index in [4.69, 9.17) is 11.6 Å². The molecule has 1 atom stereocenters. The van der Waals surface area contributed by atoms with Crippen LogP contribution in [0.15, 0.2) is 54.6 Å². The Balaban J connectivity index is 2.03. The fraction of sp³-hybridized carbons (Fsp3) is 0.235. The average Bonchev–Trinajstić information content (AvgIpc) is 2.49. The van der Waals surface area contributed by atoms with Crippen molar-refractivity contribution in [3.8, 4) is 0 Å². The summed E-state index contributed by atoms with van der Waals surface area (Å²) in [6.45, 7) is 2.61. The van der Waals surface area contributed by atoms with Crippen LogP contribution in [0.1, 0.15) is 22.1 Å². The maximum Gasteiger partial charge on any atom is 0.245 e. The highest BCUT2D eigenvalue weighted by Gasteiger charge is 2.21. The summed E-state index contributed by atoms with van der Waals surface area (Å²) in [5.74, 6) is -0.0848. The predicted molar refractivity (Wildman–Crippen MR) is 82.7 cm³/mol. The lowest BCUT2D eigenvalue weighted by atomic mass is 10.1. The van der Waals surface area contributed by atoms with Gasteiger partial charge in [-0.15, -0.1) is 11.6 Å². The van der Waals surface area contributed by atoms with Crippen LogP contribution >= 0.6 is 11.6 Å². The van der Waals surface area contributed by atoms with Crippen LogP contribution in [0.2, 0.25) is 0 Å². The molecule has 0 aromatic heterocycles. The fourth-order valence-corrected chi connectivity index (χ4v) is 2.32. The van der Waals surface area contributed by atoms with Crippen molar-refractivity contribution >= 4 is 17.5 Å². The SMILES string of the molecule is Cc1ccc(CN(C)C(=O)C(Cl)c2ccccc2)cc1. The number of halogens is 1. The topological polar surface area (TPSA) is 20.3 Å². The summed E-state index contributed by atoms with van der Waals surface area (Å²) in [4.78, 5) is 14.0. The summed E-state index contributed by atoms with van der Waals surface area (Å²) in [5, 5.41) is -0.633. The maximum atomic E-state index is 12.3. The molecule has 0 aliphatic rings. The van der Waals surface area contributed by atoms with Crippen molar-refractivity contribution in [2.75, 3.05) is 7.05 Å². The van der Waals surface area contributed by atoms with Gasteiger partial charge >= 0.3 is 0 Å². The van der Waals surface area contributed by atoms with Crippen LogP contribution in [0.5, 0.6) is 0 Å². The zero-order valence-electron chi connectivity index (χ0n) is 11.7. The number of carbonyl (C=O) groups is 1. The van der Waals surface area contributed by atoms with Gasteiger partial charge in [0.15, 0.2) is 0 Å². The summed E-state index contributed by atoms with van der Waals surface area (Å²) >= 11 is 6.25. The second-order valence-corrected chi connectivity index (χ2v) is 5.39. The number of nitrogens with zero attached hydrogens (tertiary/aromatic N) is 1. The Kier molecular flexibility index (Phi) is 4.80. The highest BCUT2D eigenvalue weighted by atomic mass is 35.5. The second kappa shape index (κ2) is 6.58. The molecule has 1 amide bonds. The van der Waals surface area contributed by atoms with Crippen LogP contribution in [0.25, 0.3) is 0 Å². The molecule has 1 unspecified atom stereocenters. The van der Waals surface area contributed by atoms with Gasteiger partial charge < -0.3 is 4.90 Å². The molecule has 0 spiro atoms. The Labute approximate surface area is 125 Å². The largest absolute Gasteiger partial charge is 0.340 e. The van der Waals surface area contributed by atoms with Crippen LogP contribution in [0, 0.1) is 6.92 Å². The Morgan fingerprint density at radius 3 is 2.30 bits per heavy atom. The first-order valence-corrected chi connectivity index (χ1v) is 7.01. The molecule has 0 fully saturated rings. The smallest absolute Gasteiger partial charge is 0.245 e. The average molecular weight is 288 g/mol. The van der Waals surface area contributed by atoms with Gasteiger partial charge in [-0.25, -0.2) is 0 Å². The molecule has 0 aliphatic heterocycles. The lowest BCUT2D eigenvalue weighted by Crippen LogP contribution is -2.29. The molecule has 104 valence electrons. The standard InChI is InChI=1S/C17H18ClNO/c1-13-8-10-14(11-9-13)12-19(2)17(20)16(18)15-6-4-3-5-7-15/h3-11,16H,12H2,1-2H3. The monoisotopic (exact) mass is 287 g/mol. The van der Waals surface area contributed by atoms with Crippen molar-refractivity contribution in [3.05, 3.63) is 71.3 Å². The number of aryl methyl sites for hydroxylation is 1. The maximum absolute atomic E-state index is 12.3. The summed E-state index contributed by atoms with van der Waals surface area (Å²) in [6.07, 6.45) is 0. The van der Waals surface area contributed by atoms with Gasteiger partial charge in [-0.1, -0.05) is 60.2 Å². The van der Waals surface area contributed by atoms with E-state index in [-0.39, 0.29) is 5.91 Å². The molecule has 0 aliphatic carbocycles. The number of rotatable bonds is 4. The highest BCUT2D eigenvalue weighted by molar-refractivity contribution is 6.30. The van der Waals surface area contributed by atoms with E-state index in [9.17, 15) is 4.79 Å². The third-order valence-corrected chi connectivity index (χ3v) is 3.66. The van der Waals surface area contributed by atoms with E-state index in [1.807, 2.05) is 61.5 Å². The van der Waals surface area contributed by atoms with E-state index < -0.39 is 5.38 Å². The molecule has 0 saturated heterocycles. The van der Waals surface area contributed by atoms with E-state index in [2.05, 4.69) is 0 Å². The van der Waals surface area contributed by atoms with Crippen LogP contribution in [0.3, 0.4) is 0 Å². The van der Waals surface area contributed by atoms with Crippen LogP contribution in [-0.2, 0) is 11.3 Å². The zero-order valence-corrected chi connectivity index (χ0v) is 12.5. The van der Waals surface area contributed by atoms with Crippen molar-refractivity contribution in [1.29, 1.82) is 0 Å². The van der Waals surface area contributed by atoms with E-state index in [1.54, 1.807) is 11.9 Å². The van der Waals surface area contributed by atoms with E-state index in [0.29, 0.717) is 6.54 Å². The highest BCUT2D eigenvalue weighted by Crippen LogP contribution is 2.22. The van der Waals surface area contributed by atoms with Crippen molar-refractivity contribution in [3.63, 3.8) is 0 Å². The van der Waals surface area contributed by atoms with Gasteiger partial charge in [0.25, 0.3) is 0 Å². The third-order valence-electron chi connectivity index (χ3n) is 3.23. The molecule has 0 bridgehead atoms. The number of hydrogen-bond donors (Lipinski definition) is 0. The molecule has 2 rings (SSSR count). The minimum Gasteiger partial charge on any atom is -0.340 e. The lowest BCUT2D eigenvalue weighted by molar-refractivity contribution is -0.130. The molecular formula is C17H18ClNO. The summed E-state index contributed by atoms with van der Waals surface area (Å²) in [7, 11) is 1.78. The molecule has 0 saturated carbocycles. The lowest BCUT2D eigenvalue weighted by Gasteiger charge is -2.20. The normalized spacial score (nSPS) is 11.9. The zero-order chi connectivity index (χ0) is 14.5. The first-order chi connectivity index (χ1) is 9.58.